The molecule has 1 aliphatic heterocycles. The van der Waals surface area contributed by atoms with E-state index in [9.17, 15) is 9.90 Å². The summed E-state index contributed by atoms with van der Waals surface area (Å²) in [5.74, 6) is 0. The Morgan fingerprint density at radius 2 is 1.90 bits per heavy atom. The Morgan fingerprint density at radius 1 is 1.40 bits per heavy atom. The molecule has 1 N–H and O–H groups in total. The quantitative estimate of drug-likeness (QED) is 0.370. The summed E-state index contributed by atoms with van der Waals surface area (Å²) in [6, 6.07) is 0. The van der Waals surface area contributed by atoms with Crippen LogP contribution in [0, 0.1) is 0 Å². The smallest absolute Gasteiger partial charge is 0.530 e. The number of rotatable bonds is 0. The van der Waals surface area contributed by atoms with Crippen LogP contribution in [-0.4, -0.2) is 37.2 Å². The van der Waals surface area contributed by atoms with E-state index in [-0.39, 0.29) is 51.4 Å². The fourth-order valence-electron chi connectivity index (χ4n) is 0.847. The number of hydrogen-bond donors (Lipinski definition) is 1. The van der Waals surface area contributed by atoms with E-state index in [2.05, 4.69) is 5.32 Å². The van der Waals surface area contributed by atoms with Crippen LogP contribution in [0.3, 0.4) is 0 Å². The van der Waals surface area contributed by atoms with Crippen LogP contribution in [0.4, 0.5) is 4.79 Å². The second-order valence-electron chi connectivity index (χ2n) is 2.00. The van der Waals surface area contributed by atoms with Gasteiger partial charge in [-0.2, -0.15) is 0 Å². The molecule has 0 unspecified atom stereocenters. The van der Waals surface area contributed by atoms with Gasteiger partial charge in [0.1, 0.15) is 6.09 Å². The van der Waals surface area contributed by atoms with Gasteiger partial charge >= 0.3 is 51.4 Å². The second-order valence-corrected chi connectivity index (χ2v) is 2.00. The summed E-state index contributed by atoms with van der Waals surface area (Å²) in [4.78, 5) is 11.4. The van der Waals surface area contributed by atoms with Crippen LogP contribution in [0.25, 0.3) is 0 Å². The van der Waals surface area contributed by atoms with Crippen molar-refractivity contribution in [2.24, 2.45) is 0 Å². The number of hydrogen-bond acceptors (Lipinski definition) is 3. The zero-order valence-corrected chi connectivity index (χ0v) is 9.22. The van der Waals surface area contributed by atoms with E-state index >= 15 is 0 Å². The summed E-state index contributed by atoms with van der Waals surface area (Å²) >= 11 is 0. The molecule has 10 heavy (non-hydrogen) atoms. The van der Waals surface area contributed by atoms with Crippen molar-refractivity contribution in [3.8, 4) is 0 Å². The maximum atomic E-state index is 10.1. The molecule has 0 aromatic rings. The molecular formula is C5H9KN2O2. The predicted octanol–water partition coefficient (Wildman–Crippen LogP) is -4.76. The monoisotopic (exact) mass is 168 g/mol. The van der Waals surface area contributed by atoms with E-state index in [1.807, 2.05) is 0 Å². The van der Waals surface area contributed by atoms with Crippen molar-refractivity contribution < 1.29 is 61.3 Å². The first kappa shape index (κ1) is 10.9. The molecule has 1 amide bonds. The van der Waals surface area contributed by atoms with Crippen molar-refractivity contribution in [3.05, 3.63) is 0 Å². The van der Waals surface area contributed by atoms with Crippen LogP contribution < -0.4 is 61.8 Å². The van der Waals surface area contributed by atoms with Crippen LogP contribution in [0.5, 0.6) is 0 Å². The Kier molecular flexibility index (Phi) is 5.99. The minimum Gasteiger partial charge on any atom is -0.530 e. The molecule has 0 radical (unpaired) electrons. The maximum absolute atomic E-state index is 10.1. The zero-order valence-electron chi connectivity index (χ0n) is 6.09. The van der Waals surface area contributed by atoms with Gasteiger partial charge in [-0.3, -0.25) is 0 Å². The van der Waals surface area contributed by atoms with E-state index in [1.54, 1.807) is 0 Å². The molecule has 0 bridgehead atoms. The summed E-state index contributed by atoms with van der Waals surface area (Å²) in [6.45, 7) is 2.60. The van der Waals surface area contributed by atoms with Crippen molar-refractivity contribution in [2.75, 3.05) is 26.2 Å². The number of carbonyl (C=O) groups excluding carboxylic acids is 1. The first-order valence-corrected chi connectivity index (χ1v) is 2.97. The second kappa shape index (κ2) is 5.51. The number of carbonyl (C=O) groups is 1. The van der Waals surface area contributed by atoms with Gasteiger partial charge in [-0.15, -0.1) is 0 Å². The topological polar surface area (TPSA) is 55.4 Å². The van der Waals surface area contributed by atoms with Crippen molar-refractivity contribution in [1.82, 2.24) is 10.2 Å². The molecule has 4 nitrogen and oxygen atoms in total. The average molecular weight is 168 g/mol. The molecule has 1 aliphatic rings. The molecule has 0 atom stereocenters. The molecule has 1 saturated heterocycles. The van der Waals surface area contributed by atoms with E-state index in [1.165, 1.54) is 4.90 Å². The minimum atomic E-state index is -1.06. The van der Waals surface area contributed by atoms with Gasteiger partial charge in [0, 0.05) is 26.2 Å². The van der Waals surface area contributed by atoms with Gasteiger partial charge in [0.05, 0.1) is 0 Å². The number of amides is 1. The molecule has 0 saturated carbocycles. The third-order valence-electron chi connectivity index (χ3n) is 1.38. The number of piperazine rings is 1. The van der Waals surface area contributed by atoms with Crippen LogP contribution in [0.15, 0.2) is 0 Å². The maximum Gasteiger partial charge on any atom is 1.00 e. The fourth-order valence-corrected chi connectivity index (χ4v) is 0.847. The van der Waals surface area contributed by atoms with Crippen molar-refractivity contribution >= 4 is 6.09 Å². The van der Waals surface area contributed by atoms with Gasteiger partial charge in [-0.1, -0.05) is 0 Å². The fraction of sp³-hybridized carbons (Fsp3) is 0.800. The van der Waals surface area contributed by atoms with Crippen molar-refractivity contribution in [1.29, 1.82) is 0 Å². The largest absolute Gasteiger partial charge is 1.00 e. The van der Waals surface area contributed by atoms with E-state index < -0.39 is 6.09 Å². The van der Waals surface area contributed by atoms with Gasteiger partial charge in [-0.05, 0) is 0 Å². The predicted molar refractivity (Wildman–Crippen MR) is 29.8 cm³/mol. The van der Waals surface area contributed by atoms with Crippen LogP contribution >= 0.6 is 0 Å². The molecule has 0 aromatic carbocycles. The minimum absolute atomic E-state index is 0. The van der Waals surface area contributed by atoms with Crippen molar-refractivity contribution in [2.45, 2.75) is 0 Å². The molecule has 1 rings (SSSR count). The zero-order chi connectivity index (χ0) is 6.69. The Morgan fingerprint density at radius 3 is 2.20 bits per heavy atom. The van der Waals surface area contributed by atoms with Crippen LogP contribution in [0.2, 0.25) is 0 Å². The third-order valence-corrected chi connectivity index (χ3v) is 1.38. The Labute approximate surface area is 102 Å². The number of carboxylic acid groups (broad SMARTS) is 1. The molecule has 1 heterocycles. The molecule has 52 valence electrons. The summed E-state index contributed by atoms with van der Waals surface area (Å²) in [7, 11) is 0. The molecule has 0 aliphatic carbocycles. The van der Waals surface area contributed by atoms with Crippen LogP contribution in [0.1, 0.15) is 0 Å². The third kappa shape index (κ3) is 3.31. The van der Waals surface area contributed by atoms with Crippen molar-refractivity contribution in [3.63, 3.8) is 0 Å². The van der Waals surface area contributed by atoms with Gasteiger partial charge < -0.3 is 20.1 Å². The average Bonchev–Trinajstić information content (AvgIpc) is 1.90. The molecular weight excluding hydrogens is 159 g/mol. The van der Waals surface area contributed by atoms with Gasteiger partial charge in [0.2, 0.25) is 0 Å². The molecule has 5 heteroatoms. The summed E-state index contributed by atoms with van der Waals surface area (Å²) in [5.41, 5.74) is 0. The van der Waals surface area contributed by atoms with E-state index in [0.29, 0.717) is 13.1 Å². The molecule has 0 aromatic heterocycles. The van der Waals surface area contributed by atoms with Gasteiger partial charge in [0.15, 0.2) is 0 Å². The normalized spacial score (nSPS) is 17.8. The molecule has 1 fully saturated rings. The number of nitrogens with one attached hydrogen (secondary N) is 1. The van der Waals surface area contributed by atoms with E-state index in [4.69, 9.17) is 0 Å². The Bertz CT molecular complexity index is 114. The Balaban J connectivity index is 0.000000810. The SMILES string of the molecule is O=C([O-])N1CCNCC1.[K+]. The van der Waals surface area contributed by atoms with Gasteiger partial charge in [-0.25, -0.2) is 0 Å². The number of nitrogens with zero attached hydrogens (tertiary/aromatic N) is 1. The molecule has 0 spiro atoms. The van der Waals surface area contributed by atoms with Crippen LogP contribution in [-0.2, 0) is 0 Å². The summed E-state index contributed by atoms with van der Waals surface area (Å²) in [5, 5.41) is 13.2. The van der Waals surface area contributed by atoms with Gasteiger partial charge in [0.25, 0.3) is 0 Å². The standard InChI is InChI=1S/C5H10N2O2.K/c8-5(9)7-3-1-6-2-4-7;/h6H,1-4H2,(H,8,9);/q;+1/p-1. The summed E-state index contributed by atoms with van der Waals surface area (Å²) < 4.78 is 0. The van der Waals surface area contributed by atoms with E-state index in [0.717, 1.165) is 13.1 Å². The first-order valence-electron chi connectivity index (χ1n) is 2.97. The Hall–Kier alpha value is 0.866. The first-order chi connectivity index (χ1) is 4.30. The summed E-state index contributed by atoms with van der Waals surface area (Å²) in [6.07, 6.45) is -1.06.